The Morgan fingerprint density at radius 2 is 1.42 bits per heavy atom. The number of aliphatic hydroxyl groups is 2. The van der Waals surface area contributed by atoms with Crippen molar-refractivity contribution in [2.24, 2.45) is 0 Å². The third-order valence-corrected chi connectivity index (χ3v) is 4.78. The Balaban J connectivity index is 1.78. The standard InChI is InChI=1S/C23H22O8/c1-15(24)30-19-13-12-18(31-22(27)17-10-6-3-7-11-17)20(25)23(19,28)14-29-21(26)16-8-4-2-5-9-16/h2-13,18-20,25,28H,14H2,1H3/t18-,19-,20+,23+/m1/s1. The highest BCUT2D eigenvalue weighted by molar-refractivity contribution is 5.90. The van der Waals surface area contributed by atoms with Crippen LogP contribution in [0.2, 0.25) is 0 Å². The molecule has 2 aromatic carbocycles. The van der Waals surface area contributed by atoms with Gasteiger partial charge in [0.1, 0.15) is 18.8 Å². The normalized spacial score (nSPS) is 24.8. The summed E-state index contributed by atoms with van der Waals surface area (Å²) in [7, 11) is 0. The average Bonchev–Trinajstić information content (AvgIpc) is 2.78. The minimum absolute atomic E-state index is 0.239. The van der Waals surface area contributed by atoms with Crippen molar-refractivity contribution in [2.45, 2.75) is 30.8 Å². The molecule has 0 spiro atoms. The minimum Gasteiger partial charge on any atom is -0.459 e. The molecule has 0 fully saturated rings. The zero-order valence-corrected chi connectivity index (χ0v) is 16.7. The van der Waals surface area contributed by atoms with Crippen LogP contribution in [0, 0.1) is 0 Å². The number of benzene rings is 2. The molecule has 2 N–H and O–H groups in total. The molecule has 2 aromatic rings. The Hall–Kier alpha value is -3.49. The maximum Gasteiger partial charge on any atom is 0.338 e. The maximum atomic E-state index is 12.4. The highest BCUT2D eigenvalue weighted by Crippen LogP contribution is 2.30. The van der Waals surface area contributed by atoms with Gasteiger partial charge < -0.3 is 24.4 Å². The van der Waals surface area contributed by atoms with Crippen LogP contribution in [0.3, 0.4) is 0 Å². The molecule has 4 atom stereocenters. The van der Waals surface area contributed by atoms with E-state index in [1.54, 1.807) is 36.4 Å². The van der Waals surface area contributed by atoms with Crippen molar-refractivity contribution in [3.8, 4) is 0 Å². The van der Waals surface area contributed by atoms with Gasteiger partial charge in [-0.25, -0.2) is 9.59 Å². The van der Waals surface area contributed by atoms with Crippen LogP contribution in [-0.4, -0.2) is 58.6 Å². The number of carbonyl (C=O) groups excluding carboxylic acids is 3. The average molecular weight is 426 g/mol. The van der Waals surface area contributed by atoms with Gasteiger partial charge >= 0.3 is 17.9 Å². The molecule has 0 amide bonds. The summed E-state index contributed by atoms with van der Waals surface area (Å²) >= 11 is 0. The lowest BCUT2D eigenvalue weighted by atomic mass is 9.82. The molecular weight excluding hydrogens is 404 g/mol. The lowest BCUT2D eigenvalue weighted by molar-refractivity contribution is -0.199. The SMILES string of the molecule is CC(=O)O[C@@H]1C=C[C@@H](OC(=O)c2ccccc2)[C@H](O)[C@]1(O)COC(=O)c1ccccc1. The first-order valence-corrected chi connectivity index (χ1v) is 9.55. The summed E-state index contributed by atoms with van der Waals surface area (Å²) in [6.07, 6.45) is -1.73. The van der Waals surface area contributed by atoms with E-state index in [0.717, 1.165) is 6.92 Å². The summed E-state index contributed by atoms with van der Waals surface area (Å²) in [5, 5.41) is 21.9. The highest BCUT2D eigenvalue weighted by Gasteiger charge is 2.52. The fourth-order valence-corrected chi connectivity index (χ4v) is 3.13. The number of ether oxygens (including phenoxy) is 3. The van der Waals surface area contributed by atoms with Crippen molar-refractivity contribution in [3.63, 3.8) is 0 Å². The molecule has 1 aliphatic rings. The van der Waals surface area contributed by atoms with Crippen molar-refractivity contribution < 1.29 is 38.8 Å². The molecule has 3 rings (SSSR count). The second-order valence-corrected chi connectivity index (χ2v) is 7.03. The zero-order valence-electron chi connectivity index (χ0n) is 16.7. The number of esters is 3. The van der Waals surface area contributed by atoms with E-state index in [9.17, 15) is 24.6 Å². The summed E-state index contributed by atoms with van der Waals surface area (Å²) < 4.78 is 15.6. The quantitative estimate of drug-likeness (QED) is 0.407. The molecule has 0 radical (unpaired) electrons. The van der Waals surface area contributed by atoms with Crippen LogP contribution in [0.1, 0.15) is 27.6 Å². The van der Waals surface area contributed by atoms with Gasteiger partial charge in [0.15, 0.2) is 11.7 Å². The van der Waals surface area contributed by atoms with E-state index in [2.05, 4.69) is 0 Å². The Bertz CT molecular complexity index is 956. The van der Waals surface area contributed by atoms with Crippen LogP contribution in [0.4, 0.5) is 0 Å². The Kier molecular flexibility index (Phi) is 6.84. The fourth-order valence-electron chi connectivity index (χ4n) is 3.13. The third-order valence-electron chi connectivity index (χ3n) is 4.78. The molecule has 0 unspecified atom stereocenters. The van der Waals surface area contributed by atoms with Gasteiger partial charge in [0, 0.05) is 6.92 Å². The fraction of sp³-hybridized carbons (Fsp3) is 0.261. The summed E-state index contributed by atoms with van der Waals surface area (Å²) in [6.45, 7) is 0.432. The first-order chi connectivity index (χ1) is 14.8. The molecule has 0 saturated heterocycles. The van der Waals surface area contributed by atoms with Gasteiger partial charge in [-0.05, 0) is 36.4 Å². The summed E-state index contributed by atoms with van der Waals surface area (Å²) in [5.74, 6) is -2.17. The molecule has 0 saturated carbocycles. The molecule has 0 heterocycles. The molecule has 8 heteroatoms. The molecule has 162 valence electrons. The summed E-state index contributed by atoms with van der Waals surface area (Å²) in [6, 6.07) is 16.2. The molecule has 0 aliphatic heterocycles. The van der Waals surface area contributed by atoms with Crippen LogP contribution in [-0.2, 0) is 19.0 Å². The Morgan fingerprint density at radius 1 is 0.871 bits per heavy atom. The topological polar surface area (TPSA) is 119 Å². The smallest absolute Gasteiger partial charge is 0.338 e. The van der Waals surface area contributed by atoms with Gasteiger partial charge in [-0.15, -0.1) is 0 Å². The first-order valence-electron chi connectivity index (χ1n) is 9.55. The first kappa shape index (κ1) is 22.2. The minimum atomic E-state index is -2.24. The van der Waals surface area contributed by atoms with Crippen molar-refractivity contribution in [1.29, 1.82) is 0 Å². The van der Waals surface area contributed by atoms with E-state index in [1.165, 1.54) is 36.4 Å². The molecule has 31 heavy (non-hydrogen) atoms. The van der Waals surface area contributed by atoms with E-state index >= 15 is 0 Å². The van der Waals surface area contributed by atoms with E-state index < -0.39 is 48.4 Å². The molecule has 1 aliphatic carbocycles. The van der Waals surface area contributed by atoms with Gasteiger partial charge in [0.05, 0.1) is 11.1 Å². The lowest BCUT2D eigenvalue weighted by Gasteiger charge is -2.41. The number of rotatable bonds is 6. The number of hydrogen-bond donors (Lipinski definition) is 2. The second-order valence-electron chi connectivity index (χ2n) is 7.03. The van der Waals surface area contributed by atoms with Gasteiger partial charge in [-0.2, -0.15) is 0 Å². The van der Waals surface area contributed by atoms with Gasteiger partial charge in [-0.1, -0.05) is 36.4 Å². The van der Waals surface area contributed by atoms with E-state index in [4.69, 9.17) is 14.2 Å². The molecule has 0 bridgehead atoms. The monoisotopic (exact) mass is 426 g/mol. The number of aliphatic hydroxyl groups excluding tert-OH is 1. The second kappa shape index (κ2) is 9.55. The summed E-state index contributed by atoms with van der Waals surface area (Å²) in [4.78, 5) is 36.1. The Morgan fingerprint density at radius 3 is 1.97 bits per heavy atom. The number of carbonyl (C=O) groups is 3. The van der Waals surface area contributed by atoms with Crippen molar-refractivity contribution in [3.05, 3.63) is 83.9 Å². The largest absolute Gasteiger partial charge is 0.459 e. The highest BCUT2D eigenvalue weighted by atomic mass is 16.6. The van der Waals surface area contributed by atoms with Crippen LogP contribution in [0.5, 0.6) is 0 Å². The predicted octanol–water partition coefficient (Wildman–Crippen LogP) is 1.66. The van der Waals surface area contributed by atoms with Gasteiger partial charge in [0.25, 0.3) is 0 Å². The third kappa shape index (κ3) is 5.17. The van der Waals surface area contributed by atoms with Crippen LogP contribution < -0.4 is 0 Å². The molecule has 0 aromatic heterocycles. The zero-order chi connectivity index (χ0) is 22.4. The van der Waals surface area contributed by atoms with Crippen LogP contribution in [0.15, 0.2) is 72.8 Å². The van der Waals surface area contributed by atoms with E-state index in [1.807, 2.05) is 0 Å². The number of hydrogen-bond acceptors (Lipinski definition) is 8. The molecule has 8 nitrogen and oxygen atoms in total. The lowest BCUT2D eigenvalue weighted by Crippen LogP contribution is -2.62. The van der Waals surface area contributed by atoms with Crippen LogP contribution >= 0.6 is 0 Å². The molecular formula is C23H22O8. The van der Waals surface area contributed by atoms with E-state index in [0.29, 0.717) is 0 Å². The predicted molar refractivity (Wildman–Crippen MR) is 108 cm³/mol. The Labute approximate surface area is 178 Å². The van der Waals surface area contributed by atoms with Crippen LogP contribution in [0.25, 0.3) is 0 Å². The van der Waals surface area contributed by atoms with E-state index in [-0.39, 0.29) is 11.1 Å². The maximum absolute atomic E-state index is 12.4. The summed E-state index contributed by atoms with van der Waals surface area (Å²) in [5.41, 5.74) is -1.75. The van der Waals surface area contributed by atoms with Crippen molar-refractivity contribution in [1.82, 2.24) is 0 Å². The van der Waals surface area contributed by atoms with Gasteiger partial charge in [0.2, 0.25) is 0 Å². The van der Waals surface area contributed by atoms with Crippen molar-refractivity contribution in [2.75, 3.05) is 6.61 Å². The van der Waals surface area contributed by atoms with Gasteiger partial charge in [-0.3, -0.25) is 4.79 Å². The van der Waals surface area contributed by atoms with Crippen molar-refractivity contribution >= 4 is 17.9 Å².